The average Bonchev–Trinajstić information content (AvgIpc) is 2.45. The summed E-state index contributed by atoms with van der Waals surface area (Å²) >= 11 is 5.88. The predicted molar refractivity (Wildman–Crippen MR) is 54.8 cm³/mol. The molecule has 1 atom stereocenters. The van der Waals surface area contributed by atoms with E-state index in [0.717, 1.165) is 0 Å². The molecule has 1 unspecified atom stereocenters. The van der Waals surface area contributed by atoms with Crippen LogP contribution in [0.25, 0.3) is 0 Å². The summed E-state index contributed by atoms with van der Waals surface area (Å²) in [6, 6.07) is 0. The average molecular weight is 212 g/mol. The van der Waals surface area contributed by atoms with Crippen LogP contribution in [-0.4, -0.2) is 28.9 Å². The SMILES string of the molecule is C=C1N=CC=C(N2CC(Cl)CC2=O)N1. The van der Waals surface area contributed by atoms with Gasteiger partial charge in [-0.25, -0.2) is 4.99 Å². The summed E-state index contributed by atoms with van der Waals surface area (Å²) in [6.07, 6.45) is 3.74. The second-order valence-electron chi connectivity index (χ2n) is 3.21. The number of allylic oxidation sites excluding steroid dienone is 1. The number of hydrogen-bond donors (Lipinski definition) is 1. The Labute approximate surface area is 86.9 Å². The van der Waals surface area contributed by atoms with Gasteiger partial charge in [0.2, 0.25) is 5.91 Å². The van der Waals surface area contributed by atoms with Crippen LogP contribution in [-0.2, 0) is 4.79 Å². The van der Waals surface area contributed by atoms with E-state index in [2.05, 4.69) is 16.9 Å². The fraction of sp³-hybridized carbons (Fsp3) is 0.333. The summed E-state index contributed by atoms with van der Waals surface area (Å²) in [5.41, 5.74) is 0. The van der Waals surface area contributed by atoms with Gasteiger partial charge in [0.15, 0.2) is 0 Å². The van der Waals surface area contributed by atoms with Crippen LogP contribution >= 0.6 is 11.6 Å². The van der Waals surface area contributed by atoms with Crippen LogP contribution in [0.15, 0.2) is 29.3 Å². The molecule has 4 nitrogen and oxygen atoms in total. The number of nitrogens with zero attached hydrogens (tertiary/aromatic N) is 2. The molecule has 0 saturated carbocycles. The van der Waals surface area contributed by atoms with Crippen LogP contribution in [0.1, 0.15) is 6.42 Å². The lowest BCUT2D eigenvalue weighted by Crippen LogP contribution is -2.33. The third kappa shape index (κ3) is 1.65. The van der Waals surface area contributed by atoms with Crippen molar-refractivity contribution in [3.05, 3.63) is 24.3 Å². The van der Waals surface area contributed by atoms with Crippen molar-refractivity contribution in [2.45, 2.75) is 11.8 Å². The van der Waals surface area contributed by atoms with Crippen molar-refractivity contribution in [1.29, 1.82) is 0 Å². The Bertz CT molecular complexity index is 348. The molecule has 1 saturated heterocycles. The summed E-state index contributed by atoms with van der Waals surface area (Å²) in [7, 11) is 0. The number of halogens is 1. The number of nitrogens with one attached hydrogen (secondary N) is 1. The zero-order valence-corrected chi connectivity index (χ0v) is 8.29. The highest BCUT2D eigenvalue weighted by Gasteiger charge is 2.30. The summed E-state index contributed by atoms with van der Waals surface area (Å²) in [5, 5.41) is 2.82. The maximum Gasteiger partial charge on any atom is 0.229 e. The first-order valence-electron chi connectivity index (χ1n) is 4.31. The van der Waals surface area contributed by atoms with Gasteiger partial charge in [-0.2, -0.15) is 0 Å². The Hall–Kier alpha value is -1.29. The number of rotatable bonds is 1. The lowest BCUT2D eigenvalue weighted by Gasteiger charge is -2.22. The Morgan fingerprint density at radius 1 is 1.71 bits per heavy atom. The summed E-state index contributed by atoms with van der Waals surface area (Å²) in [5.74, 6) is 1.28. The summed E-state index contributed by atoms with van der Waals surface area (Å²) in [4.78, 5) is 17.0. The van der Waals surface area contributed by atoms with E-state index in [1.54, 1.807) is 17.2 Å². The normalized spacial score (nSPS) is 26.5. The number of aliphatic imine (C=N–C) groups is 1. The number of alkyl halides is 1. The predicted octanol–water partition coefficient (Wildman–Crippen LogP) is 0.813. The third-order valence-electron chi connectivity index (χ3n) is 2.10. The largest absolute Gasteiger partial charge is 0.327 e. The zero-order chi connectivity index (χ0) is 10.1. The molecule has 0 aliphatic carbocycles. The summed E-state index contributed by atoms with van der Waals surface area (Å²) in [6.45, 7) is 4.20. The molecule has 74 valence electrons. The quantitative estimate of drug-likeness (QED) is 0.653. The van der Waals surface area contributed by atoms with Crippen molar-refractivity contribution in [2.24, 2.45) is 4.99 Å². The fourth-order valence-electron chi connectivity index (χ4n) is 1.47. The number of amides is 1. The van der Waals surface area contributed by atoms with Gasteiger partial charge in [-0.1, -0.05) is 6.58 Å². The van der Waals surface area contributed by atoms with Gasteiger partial charge in [0.25, 0.3) is 0 Å². The van der Waals surface area contributed by atoms with Crippen molar-refractivity contribution in [2.75, 3.05) is 6.54 Å². The van der Waals surface area contributed by atoms with E-state index in [1.807, 2.05) is 0 Å². The smallest absolute Gasteiger partial charge is 0.229 e. The van der Waals surface area contributed by atoms with Crippen LogP contribution in [0.2, 0.25) is 0 Å². The molecular formula is C9H10ClN3O. The number of carbonyl (C=O) groups is 1. The van der Waals surface area contributed by atoms with Gasteiger partial charge in [0.1, 0.15) is 11.6 Å². The lowest BCUT2D eigenvalue weighted by molar-refractivity contribution is -0.126. The van der Waals surface area contributed by atoms with Crippen LogP contribution < -0.4 is 5.32 Å². The van der Waals surface area contributed by atoms with Gasteiger partial charge < -0.3 is 5.32 Å². The first kappa shape index (κ1) is 9.27. The minimum atomic E-state index is -0.0997. The van der Waals surface area contributed by atoms with E-state index in [-0.39, 0.29) is 11.3 Å². The topological polar surface area (TPSA) is 44.7 Å². The summed E-state index contributed by atoms with van der Waals surface area (Å²) < 4.78 is 0. The van der Waals surface area contributed by atoms with E-state index in [4.69, 9.17) is 11.6 Å². The van der Waals surface area contributed by atoms with Gasteiger partial charge >= 0.3 is 0 Å². The van der Waals surface area contributed by atoms with Crippen LogP contribution in [0.3, 0.4) is 0 Å². The van der Waals surface area contributed by atoms with Crippen LogP contribution in [0, 0.1) is 0 Å². The molecule has 0 aromatic rings. The molecule has 1 amide bonds. The van der Waals surface area contributed by atoms with Crippen LogP contribution in [0.5, 0.6) is 0 Å². The van der Waals surface area contributed by atoms with E-state index in [9.17, 15) is 4.79 Å². The molecule has 0 spiro atoms. The molecule has 2 aliphatic rings. The number of carbonyl (C=O) groups excluding carboxylic acids is 1. The fourth-order valence-corrected chi connectivity index (χ4v) is 1.74. The highest BCUT2D eigenvalue weighted by molar-refractivity contribution is 6.22. The van der Waals surface area contributed by atoms with Gasteiger partial charge in [-0.3, -0.25) is 9.69 Å². The van der Waals surface area contributed by atoms with Gasteiger partial charge in [0.05, 0.1) is 5.38 Å². The molecule has 0 aromatic carbocycles. The molecule has 5 heteroatoms. The third-order valence-corrected chi connectivity index (χ3v) is 2.40. The molecule has 0 radical (unpaired) electrons. The van der Waals surface area contributed by atoms with E-state index < -0.39 is 0 Å². The molecule has 1 fully saturated rings. The zero-order valence-electron chi connectivity index (χ0n) is 7.53. The molecule has 2 aliphatic heterocycles. The number of hydrogen-bond acceptors (Lipinski definition) is 3. The molecule has 0 aromatic heterocycles. The molecule has 1 N–H and O–H groups in total. The van der Waals surface area contributed by atoms with Crippen LogP contribution in [0.4, 0.5) is 0 Å². The second-order valence-corrected chi connectivity index (χ2v) is 3.82. The standard InChI is InChI=1S/C9H10ClN3O/c1-6-11-3-2-8(12-6)13-5-7(10)4-9(13)14/h2-3,7,12H,1,4-5H2. The molecule has 2 rings (SSSR count). The minimum Gasteiger partial charge on any atom is -0.327 e. The first-order chi connectivity index (χ1) is 6.66. The minimum absolute atomic E-state index is 0.0341. The Balaban J connectivity index is 2.16. The Kier molecular flexibility index (Phi) is 2.29. The van der Waals surface area contributed by atoms with Gasteiger partial charge in [-0.15, -0.1) is 11.6 Å². The van der Waals surface area contributed by atoms with Crippen molar-refractivity contribution < 1.29 is 4.79 Å². The van der Waals surface area contributed by atoms with Gasteiger partial charge in [0, 0.05) is 19.2 Å². The second kappa shape index (κ2) is 3.46. The number of likely N-dealkylation sites (tertiary alicyclic amines) is 1. The Morgan fingerprint density at radius 2 is 2.50 bits per heavy atom. The van der Waals surface area contributed by atoms with Crippen molar-refractivity contribution in [3.8, 4) is 0 Å². The lowest BCUT2D eigenvalue weighted by atomic mass is 10.4. The highest BCUT2D eigenvalue weighted by Crippen LogP contribution is 2.20. The van der Waals surface area contributed by atoms with Crippen molar-refractivity contribution in [1.82, 2.24) is 10.2 Å². The van der Waals surface area contributed by atoms with Gasteiger partial charge in [-0.05, 0) is 6.08 Å². The van der Waals surface area contributed by atoms with E-state index in [1.165, 1.54) is 0 Å². The molecule has 0 bridgehead atoms. The van der Waals surface area contributed by atoms with Crippen molar-refractivity contribution in [3.63, 3.8) is 0 Å². The highest BCUT2D eigenvalue weighted by atomic mass is 35.5. The van der Waals surface area contributed by atoms with E-state index >= 15 is 0 Å². The molecular weight excluding hydrogens is 202 g/mol. The monoisotopic (exact) mass is 211 g/mol. The maximum absolute atomic E-state index is 11.5. The Morgan fingerprint density at radius 3 is 3.07 bits per heavy atom. The van der Waals surface area contributed by atoms with Crippen molar-refractivity contribution >= 4 is 23.7 Å². The molecule has 14 heavy (non-hydrogen) atoms. The first-order valence-corrected chi connectivity index (χ1v) is 4.75. The van der Waals surface area contributed by atoms with E-state index in [0.29, 0.717) is 24.6 Å². The molecule has 2 heterocycles. The maximum atomic E-state index is 11.5.